The van der Waals surface area contributed by atoms with Gasteiger partial charge in [0, 0.05) is 0 Å². The van der Waals surface area contributed by atoms with Crippen LogP contribution in [0.2, 0.25) is 0 Å². The van der Waals surface area contributed by atoms with Crippen molar-refractivity contribution in [3.63, 3.8) is 0 Å². The van der Waals surface area contributed by atoms with Gasteiger partial charge in [-0.2, -0.15) is 4.80 Å². The molecule has 0 bridgehead atoms. The van der Waals surface area contributed by atoms with Crippen molar-refractivity contribution in [2.75, 3.05) is 5.32 Å². The minimum Gasteiger partial charge on any atom is -0.292 e. The van der Waals surface area contributed by atoms with Gasteiger partial charge in [0.1, 0.15) is 0 Å². The number of aromatic nitrogens is 4. The van der Waals surface area contributed by atoms with Gasteiger partial charge in [-0.05, 0) is 10.8 Å². The molecule has 0 saturated heterocycles. The van der Waals surface area contributed by atoms with E-state index in [4.69, 9.17) is 0 Å². The Morgan fingerprint density at radius 3 is 2.75 bits per heavy atom. The van der Waals surface area contributed by atoms with Gasteiger partial charge >= 0.3 is 0 Å². The molecule has 0 aliphatic rings. The van der Waals surface area contributed by atoms with Crippen molar-refractivity contribution in [3.8, 4) is 0 Å². The second-order valence-electron chi connectivity index (χ2n) is 3.31. The van der Waals surface area contributed by atoms with Crippen molar-refractivity contribution in [1.29, 1.82) is 0 Å². The van der Waals surface area contributed by atoms with Crippen LogP contribution in [0.25, 0.3) is 0 Å². The van der Waals surface area contributed by atoms with Gasteiger partial charge in [-0.25, -0.2) is 0 Å². The molecule has 2 aromatic rings. The lowest BCUT2D eigenvalue weighted by molar-refractivity contribution is -0.115. The van der Waals surface area contributed by atoms with Crippen LogP contribution in [0.4, 0.5) is 5.95 Å². The zero-order valence-electron chi connectivity index (χ0n) is 8.79. The monoisotopic (exact) mass is 217 g/mol. The Balaban J connectivity index is 1.95. The molecular weight excluding hydrogens is 206 g/mol. The molecule has 6 nitrogen and oxygen atoms in total. The number of hydrogen-bond acceptors (Lipinski definition) is 4. The summed E-state index contributed by atoms with van der Waals surface area (Å²) in [6, 6.07) is 9.48. The number of hydrogen-bond donors (Lipinski definition) is 1. The van der Waals surface area contributed by atoms with Gasteiger partial charge in [-0.3, -0.25) is 10.1 Å². The van der Waals surface area contributed by atoms with Crippen molar-refractivity contribution >= 4 is 11.9 Å². The predicted octanol–water partition coefficient (Wildman–Crippen LogP) is 0.391. The van der Waals surface area contributed by atoms with Gasteiger partial charge in [0.2, 0.25) is 5.91 Å². The lowest BCUT2D eigenvalue weighted by atomic mass is 10.1. The number of nitrogens with one attached hydrogen (secondary N) is 1. The Kier molecular flexibility index (Phi) is 2.90. The summed E-state index contributed by atoms with van der Waals surface area (Å²) in [4.78, 5) is 12.9. The standard InChI is InChI=1S/C10H11N5O/c1-15-13-10(12-14-15)11-9(16)7-8-5-3-2-4-6-8/h2-6H,7H2,1H3,(H,11,13,16). The Morgan fingerprint density at radius 2 is 2.12 bits per heavy atom. The summed E-state index contributed by atoms with van der Waals surface area (Å²) >= 11 is 0. The highest BCUT2D eigenvalue weighted by Gasteiger charge is 2.06. The molecule has 1 aromatic carbocycles. The maximum absolute atomic E-state index is 11.6. The maximum Gasteiger partial charge on any atom is 0.270 e. The molecule has 0 aliphatic heterocycles. The van der Waals surface area contributed by atoms with Gasteiger partial charge in [0.25, 0.3) is 5.95 Å². The number of rotatable bonds is 3. The molecule has 1 aromatic heterocycles. The van der Waals surface area contributed by atoms with Gasteiger partial charge < -0.3 is 0 Å². The first-order chi connectivity index (χ1) is 7.74. The third-order valence-electron chi connectivity index (χ3n) is 1.97. The SMILES string of the molecule is Cn1nnc(NC(=O)Cc2ccccc2)n1. The molecule has 0 spiro atoms. The molecule has 1 N–H and O–H groups in total. The van der Waals surface area contributed by atoms with Crippen molar-refractivity contribution in [3.05, 3.63) is 35.9 Å². The highest BCUT2D eigenvalue weighted by atomic mass is 16.1. The molecule has 6 heteroatoms. The third kappa shape index (κ3) is 2.63. The zero-order chi connectivity index (χ0) is 11.4. The number of anilines is 1. The Bertz CT molecular complexity index is 479. The first kappa shape index (κ1) is 10.3. The Morgan fingerprint density at radius 1 is 1.38 bits per heavy atom. The van der Waals surface area contributed by atoms with E-state index in [-0.39, 0.29) is 11.9 Å². The van der Waals surface area contributed by atoms with Crippen LogP contribution in [0, 0.1) is 0 Å². The quantitative estimate of drug-likeness (QED) is 0.807. The van der Waals surface area contributed by atoms with Crippen LogP contribution < -0.4 is 5.32 Å². The summed E-state index contributed by atoms with van der Waals surface area (Å²) in [7, 11) is 1.64. The molecule has 1 amide bonds. The Labute approximate surface area is 92.3 Å². The summed E-state index contributed by atoms with van der Waals surface area (Å²) in [5.74, 6) is 0.0719. The number of carbonyl (C=O) groups excluding carboxylic acids is 1. The number of benzene rings is 1. The lowest BCUT2D eigenvalue weighted by Crippen LogP contribution is -2.15. The molecule has 0 saturated carbocycles. The molecule has 2 rings (SSSR count). The van der Waals surface area contributed by atoms with Crippen molar-refractivity contribution in [1.82, 2.24) is 20.2 Å². The van der Waals surface area contributed by atoms with E-state index < -0.39 is 0 Å². The molecule has 0 unspecified atom stereocenters. The first-order valence-corrected chi connectivity index (χ1v) is 4.82. The van der Waals surface area contributed by atoms with Crippen LogP contribution in [0.3, 0.4) is 0 Å². The fourth-order valence-electron chi connectivity index (χ4n) is 1.28. The van der Waals surface area contributed by atoms with Gasteiger partial charge in [-0.1, -0.05) is 35.4 Å². The first-order valence-electron chi connectivity index (χ1n) is 4.82. The molecule has 0 fully saturated rings. The fraction of sp³-hybridized carbons (Fsp3) is 0.200. The van der Waals surface area contributed by atoms with E-state index in [2.05, 4.69) is 20.7 Å². The number of aryl methyl sites for hydroxylation is 1. The molecule has 1 heterocycles. The molecule has 0 atom stereocenters. The minimum absolute atomic E-state index is 0.154. The summed E-state index contributed by atoms with van der Waals surface area (Å²) < 4.78 is 0. The van der Waals surface area contributed by atoms with Crippen LogP contribution in [0.15, 0.2) is 30.3 Å². The highest BCUT2D eigenvalue weighted by molar-refractivity contribution is 5.90. The summed E-state index contributed by atoms with van der Waals surface area (Å²) in [5.41, 5.74) is 0.948. The van der Waals surface area contributed by atoms with Crippen LogP contribution in [-0.2, 0) is 18.3 Å². The van der Waals surface area contributed by atoms with Crippen LogP contribution in [-0.4, -0.2) is 26.1 Å². The van der Waals surface area contributed by atoms with Crippen molar-refractivity contribution in [2.45, 2.75) is 6.42 Å². The van der Waals surface area contributed by atoms with E-state index in [1.807, 2.05) is 30.3 Å². The van der Waals surface area contributed by atoms with E-state index in [1.165, 1.54) is 4.80 Å². The predicted molar refractivity (Wildman–Crippen MR) is 57.6 cm³/mol. The maximum atomic E-state index is 11.6. The summed E-state index contributed by atoms with van der Waals surface area (Å²) in [5, 5.41) is 13.7. The normalized spacial score (nSPS) is 10.1. The van der Waals surface area contributed by atoms with E-state index >= 15 is 0 Å². The highest BCUT2D eigenvalue weighted by Crippen LogP contribution is 2.01. The summed E-state index contributed by atoms with van der Waals surface area (Å²) in [6.45, 7) is 0. The molecule has 82 valence electrons. The van der Waals surface area contributed by atoms with Crippen LogP contribution in [0.5, 0.6) is 0 Å². The number of amides is 1. The van der Waals surface area contributed by atoms with Crippen molar-refractivity contribution in [2.24, 2.45) is 7.05 Å². The van der Waals surface area contributed by atoms with E-state index in [1.54, 1.807) is 7.05 Å². The lowest BCUT2D eigenvalue weighted by Gasteiger charge is -2.00. The van der Waals surface area contributed by atoms with Gasteiger partial charge in [0.05, 0.1) is 13.5 Å². The smallest absolute Gasteiger partial charge is 0.270 e. The molecule has 16 heavy (non-hydrogen) atoms. The number of carbonyl (C=O) groups is 1. The Hall–Kier alpha value is -2.24. The second kappa shape index (κ2) is 4.52. The van der Waals surface area contributed by atoms with Gasteiger partial charge in [-0.15, -0.1) is 5.10 Å². The third-order valence-corrected chi connectivity index (χ3v) is 1.97. The molecule has 0 aliphatic carbocycles. The number of nitrogens with zero attached hydrogens (tertiary/aromatic N) is 4. The summed E-state index contributed by atoms with van der Waals surface area (Å²) in [6.07, 6.45) is 0.305. The number of tetrazole rings is 1. The average molecular weight is 217 g/mol. The second-order valence-corrected chi connectivity index (χ2v) is 3.31. The van der Waals surface area contributed by atoms with Gasteiger partial charge in [0.15, 0.2) is 0 Å². The fourth-order valence-corrected chi connectivity index (χ4v) is 1.28. The van der Waals surface area contributed by atoms with Crippen LogP contribution >= 0.6 is 0 Å². The van der Waals surface area contributed by atoms with E-state index in [9.17, 15) is 4.79 Å². The van der Waals surface area contributed by atoms with Crippen LogP contribution in [0.1, 0.15) is 5.56 Å². The van der Waals surface area contributed by atoms with E-state index in [0.717, 1.165) is 5.56 Å². The molecular formula is C10H11N5O. The largest absolute Gasteiger partial charge is 0.292 e. The minimum atomic E-state index is -0.154. The zero-order valence-corrected chi connectivity index (χ0v) is 8.79. The average Bonchev–Trinajstić information content (AvgIpc) is 2.65. The van der Waals surface area contributed by atoms with E-state index in [0.29, 0.717) is 6.42 Å². The van der Waals surface area contributed by atoms with Crippen molar-refractivity contribution < 1.29 is 4.79 Å². The topological polar surface area (TPSA) is 72.7 Å². The molecule has 0 radical (unpaired) electrons.